The van der Waals surface area contributed by atoms with Crippen LogP contribution in [0.5, 0.6) is 5.88 Å². The first-order valence-electron chi connectivity index (χ1n) is 10.7. The molecule has 6 heteroatoms. The fourth-order valence-corrected chi connectivity index (χ4v) is 4.32. The summed E-state index contributed by atoms with van der Waals surface area (Å²) in [7, 11) is 1.65. The minimum absolute atomic E-state index is 0.0572. The van der Waals surface area contributed by atoms with E-state index in [0.717, 1.165) is 23.4 Å². The number of hydrogen-bond acceptors (Lipinski definition) is 5. The third-order valence-corrected chi connectivity index (χ3v) is 5.99. The maximum Gasteiger partial charge on any atom is 0.256 e. The van der Waals surface area contributed by atoms with Crippen molar-refractivity contribution < 1.29 is 9.53 Å². The lowest BCUT2D eigenvalue weighted by Gasteiger charge is -2.17. The van der Waals surface area contributed by atoms with Gasteiger partial charge >= 0.3 is 0 Å². The molecule has 1 aliphatic heterocycles. The van der Waals surface area contributed by atoms with Crippen LogP contribution in [0.4, 0.5) is 0 Å². The summed E-state index contributed by atoms with van der Waals surface area (Å²) < 4.78 is 5.54. The molecule has 1 N–H and O–H groups in total. The number of amides is 1. The molecule has 2 aromatic heterocycles. The third kappa shape index (κ3) is 4.75. The molecule has 6 nitrogen and oxygen atoms in total. The summed E-state index contributed by atoms with van der Waals surface area (Å²) >= 11 is 0. The summed E-state index contributed by atoms with van der Waals surface area (Å²) in [6.07, 6.45) is 10.2. The minimum Gasteiger partial charge on any atom is -0.481 e. The number of pyridine rings is 2. The highest BCUT2D eigenvalue weighted by molar-refractivity contribution is 5.98. The largest absolute Gasteiger partial charge is 0.481 e. The topological polar surface area (TPSA) is 67.3 Å². The van der Waals surface area contributed by atoms with Gasteiger partial charge in [0.15, 0.2) is 0 Å². The molecule has 1 fully saturated rings. The minimum atomic E-state index is 0.0572. The average molecular weight is 395 g/mol. The van der Waals surface area contributed by atoms with Crippen LogP contribution < -0.4 is 10.1 Å². The van der Waals surface area contributed by atoms with E-state index in [2.05, 4.69) is 15.3 Å². The van der Waals surface area contributed by atoms with Crippen LogP contribution >= 0.6 is 0 Å². The SMILES string of the molecule is COc1nc2c(cc1CNC1CCCCCC1)C(=O)N(CCc1ccccn1)C2. The van der Waals surface area contributed by atoms with Crippen LogP contribution in [0.15, 0.2) is 30.5 Å². The molecular formula is C23H30N4O2. The lowest BCUT2D eigenvalue weighted by molar-refractivity contribution is 0.0779. The first-order chi connectivity index (χ1) is 14.2. The van der Waals surface area contributed by atoms with Gasteiger partial charge in [-0.3, -0.25) is 9.78 Å². The molecule has 29 heavy (non-hydrogen) atoms. The summed E-state index contributed by atoms with van der Waals surface area (Å²) in [4.78, 5) is 23.8. The van der Waals surface area contributed by atoms with Crippen molar-refractivity contribution in [2.75, 3.05) is 13.7 Å². The van der Waals surface area contributed by atoms with Crippen molar-refractivity contribution in [3.05, 3.63) is 53.0 Å². The Morgan fingerprint density at radius 1 is 1.21 bits per heavy atom. The summed E-state index contributed by atoms with van der Waals surface area (Å²) in [5.41, 5.74) is 3.49. The van der Waals surface area contributed by atoms with Gasteiger partial charge in [-0.2, -0.15) is 0 Å². The number of ether oxygens (including phenoxy) is 1. The number of rotatable bonds is 7. The van der Waals surface area contributed by atoms with Crippen LogP contribution in [0.3, 0.4) is 0 Å². The Morgan fingerprint density at radius 3 is 2.76 bits per heavy atom. The quantitative estimate of drug-likeness (QED) is 0.728. The molecule has 3 heterocycles. The summed E-state index contributed by atoms with van der Waals surface area (Å²) in [5, 5.41) is 3.66. The van der Waals surface area contributed by atoms with Gasteiger partial charge in [0, 0.05) is 43.0 Å². The highest BCUT2D eigenvalue weighted by atomic mass is 16.5. The van der Waals surface area contributed by atoms with Crippen LogP contribution in [0, 0.1) is 0 Å². The summed E-state index contributed by atoms with van der Waals surface area (Å²) in [6.45, 7) is 1.87. The fourth-order valence-electron chi connectivity index (χ4n) is 4.32. The van der Waals surface area contributed by atoms with E-state index in [0.29, 0.717) is 37.1 Å². The molecule has 2 aromatic rings. The molecule has 1 aliphatic carbocycles. The molecule has 0 saturated heterocycles. The first kappa shape index (κ1) is 19.8. The zero-order valence-corrected chi connectivity index (χ0v) is 17.2. The normalized spacial score (nSPS) is 17.3. The van der Waals surface area contributed by atoms with E-state index in [-0.39, 0.29) is 5.91 Å². The van der Waals surface area contributed by atoms with Crippen LogP contribution in [-0.2, 0) is 19.5 Å². The average Bonchev–Trinajstić information content (AvgIpc) is 2.91. The third-order valence-electron chi connectivity index (χ3n) is 5.99. The molecule has 0 radical (unpaired) electrons. The van der Waals surface area contributed by atoms with Gasteiger partial charge in [0.1, 0.15) is 0 Å². The molecular weight excluding hydrogens is 364 g/mol. The molecule has 0 aromatic carbocycles. The van der Waals surface area contributed by atoms with Crippen molar-refractivity contribution in [2.24, 2.45) is 0 Å². The fraction of sp³-hybridized carbons (Fsp3) is 0.522. The van der Waals surface area contributed by atoms with Crippen LogP contribution in [0.25, 0.3) is 0 Å². The van der Waals surface area contributed by atoms with E-state index in [1.165, 1.54) is 38.5 Å². The van der Waals surface area contributed by atoms with Gasteiger partial charge in [0.2, 0.25) is 5.88 Å². The number of methoxy groups -OCH3 is 1. The number of fused-ring (bicyclic) bond motifs is 1. The number of carbonyl (C=O) groups excluding carboxylic acids is 1. The zero-order chi connectivity index (χ0) is 20.1. The van der Waals surface area contributed by atoms with Crippen molar-refractivity contribution in [1.82, 2.24) is 20.2 Å². The van der Waals surface area contributed by atoms with Crippen LogP contribution in [-0.4, -0.2) is 40.5 Å². The standard InChI is InChI=1S/C23H30N4O2/c1-29-22-17(15-25-18-8-4-2-3-5-9-18)14-20-21(26-22)16-27(23(20)28)13-11-19-10-6-7-12-24-19/h6-7,10,12,14,18,25H,2-5,8-9,11,13,15-16H2,1H3. The number of aromatic nitrogens is 2. The van der Waals surface area contributed by atoms with Gasteiger partial charge in [-0.25, -0.2) is 4.98 Å². The molecule has 154 valence electrons. The van der Waals surface area contributed by atoms with Gasteiger partial charge in [0.25, 0.3) is 5.91 Å². The Hall–Kier alpha value is -2.47. The number of hydrogen-bond donors (Lipinski definition) is 1. The first-order valence-corrected chi connectivity index (χ1v) is 10.7. The second-order valence-electron chi connectivity index (χ2n) is 8.02. The predicted octanol–water partition coefficient (Wildman–Crippen LogP) is 3.50. The Balaban J connectivity index is 1.43. The summed E-state index contributed by atoms with van der Waals surface area (Å²) in [5.74, 6) is 0.686. The lowest BCUT2D eigenvalue weighted by atomic mass is 10.1. The molecule has 2 aliphatic rings. The second kappa shape index (κ2) is 9.35. The Morgan fingerprint density at radius 2 is 2.03 bits per heavy atom. The van der Waals surface area contributed by atoms with Gasteiger partial charge in [-0.1, -0.05) is 31.7 Å². The molecule has 0 atom stereocenters. The van der Waals surface area contributed by atoms with E-state index in [4.69, 9.17) is 4.74 Å². The van der Waals surface area contributed by atoms with Gasteiger partial charge in [0.05, 0.1) is 24.9 Å². The Kier molecular flexibility index (Phi) is 6.39. The molecule has 0 bridgehead atoms. The van der Waals surface area contributed by atoms with E-state index in [9.17, 15) is 4.79 Å². The molecule has 4 rings (SSSR count). The van der Waals surface area contributed by atoms with Crippen molar-refractivity contribution in [3.63, 3.8) is 0 Å². The van der Waals surface area contributed by atoms with Gasteiger partial charge in [-0.05, 0) is 31.0 Å². The predicted molar refractivity (Wildman–Crippen MR) is 112 cm³/mol. The van der Waals surface area contributed by atoms with Crippen LogP contribution in [0.1, 0.15) is 65.8 Å². The molecule has 0 spiro atoms. The van der Waals surface area contributed by atoms with Gasteiger partial charge < -0.3 is 15.0 Å². The maximum absolute atomic E-state index is 12.9. The maximum atomic E-state index is 12.9. The Bertz CT molecular complexity index is 832. The highest BCUT2D eigenvalue weighted by Gasteiger charge is 2.30. The van der Waals surface area contributed by atoms with E-state index in [1.807, 2.05) is 29.2 Å². The molecule has 1 saturated carbocycles. The molecule has 1 amide bonds. The number of carbonyl (C=O) groups is 1. The van der Waals surface area contributed by atoms with Crippen LogP contribution in [0.2, 0.25) is 0 Å². The summed E-state index contributed by atoms with van der Waals surface area (Å²) in [6, 6.07) is 8.39. The molecule has 0 unspecified atom stereocenters. The van der Waals surface area contributed by atoms with Gasteiger partial charge in [-0.15, -0.1) is 0 Å². The number of nitrogens with zero attached hydrogens (tertiary/aromatic N) is 3. The van der Waals surface area contributed by atoms with Crippen molar-refractivity contribution >= 4 is 5.91 Å². The highest BCUT2D eigenvalue weighted by Crippen LogP contribution is 2.28. The Labute approximate surface area is 172 Å². The van der Waals surface area contributed by atoms with E-state index < -0.39 is 0 Å². The number of nitrogens with one attached hydrogen (secondary N) is 1. The van der Waals surface area contributed by atoms with Crippen molar-refractivity contribution in [2.45, 2.75) is 64.1 Å². The van der Waals surface area contributed by atoms with E-state index >= 15 is 0 Å². The zero-order valence-electron chi connectivity index (χ0n) is 17.2. The monoisotopic (exact) mass is 394 g/mol. The smallest absolute Gasteiger partial charge is 0.256 e. The van der Waals surface area contributed by atoms with E-state index in [1.54, 1.807) is 13.3 Å². The van der Waals surface area contributed by atoms with Crippen molar-refractivity contribution in [1.29, 1.82) is 0 Å². The lowest BCUT2D eigenvalue weighted by Crippen LogP contribution is -2.28. The van der Waals surface area contributed by atoms with Crippen molar-refractivity contribution in [3.8, 4) is 5.88 Å². The second-order valence-corrected chi connectivity index (χ2v) is 8.02.